The molecule has 0 spiro atoms. The maximum atomic E-state index is 12.7. The molecule has 0 saturated heterocycles. The van der Waals surface area contributed by atoms with Crippen LogP contribution >= 0.6 is 0 Å². The number of non-ortho nitro benzene ring substituents is 1. The maximum absolute atomic E-state index is 12.7. The molecule has 3 atom stereocenters. The minimum absolute atomic E-state index is 0.0749. The smallest absolute Gasteiger partial charge is 0.416 e. The number of anilines is 1. The summed E-state index contributed by atoms with van der Waals surface area (Å²) in [5.41, 5.74) is 0.0757. The van der Waals surface area contributed by atoms with Gasteiger partial charge in [-0.2, -0.15) is 13.2 Å². The highest BCUT2D eigenvalue weighted by Gasteiger charge is 2.47. The molecular formula is C18H13F3N2O4. The SMILES string of the molecule is O=C1C[C@H]2Oc3cc([N+](=O)[O-])ccc3N[C@H]2[C@@H]1c1ccc(C(F)(F)F)cc1. The lowest BCUT2D eigenvalue weighted by atomic mass is 9.91. The molecular weight excluding hydrogens is 365 g/mol. The van der Waals surface area contributed by atoms with Gasteiger partial charge in [0.1, 0.15) is 17.6 Å². The number of benzene rings is 2. The molecule has 1 heterocycles. The van der Waals surface area contributed by atoms with E-state index in [1.54, 1.807) is 0 Å². The van der Waals surface area contributed by atoms with Crippen LogP contribution in [0.2, 0.25) is 0 Å². The van der Waals surface area contributed by atoms with Crippen molar-refractivity contribution in [1.29, 1.82) is 0 Å². The number of halogens is 3. The zero-order valence-corrected chi connectivity index (χ0v) is 13.7. The Hall–Kier alpha value is -3.10. The van der Waals surface area contributed by atoms with Gasteiger partial charge in [0.05, 0.1) is 34.2 Å². The molecule has 2 aromatic rings. The summed E-state index contributed by atoms with van der Waals surface area (Å²) in [5.74, 6) is -0.522. The Balaban J connectivity index is 1.63. The van der Waals surface area contributed by atoms with Crippen molar-refractivity contribution in [2.75, 3.05) is 5.32 Å². The molecule has 1 aliphatic carbocycles. The number of carbonyl (C=O) groups is 1. The van der Waals surface area contributed by atoms with E-state index in [0.717, 1.165) is 12.1 Å². The Bertz CT molecular complexity index is 927. The number of ketones is 1. The van der Waals surface area contributed by atoms with E-state index in [-0.39, 0.29) is 23.6 Å². The van der Waals surface area contributed by atoms with Gasteiger partial charge in [-0.05, 0) is 23.8 Å². The zero-order valence-electron chi connectivity index (χ0n) is 13.7. The summed E-state index contributed by atoms with van der Waals surface area (Å²) in [6.07, 6.45) is -4.91. The number of Topliss-reactive ketones (excluding diaryl/α,β-unsaturated/α-hetero) is 1. The molecule has 2 aromatic carbocycles. The van der Waals surface area contributed by atoms with Gasteiger partial charge in [-0.1, -0.05) is 12.1 Å². The van der Waals surface area contributed by atoms with Crippen LogP contribution < -0.4 is 10.1 Å². The lowest BCUT2D eigenvalue weighted by Gasteiger charge is -2.32. The summed E-state index contributed by atoms with van der Waals surface area (Å²) in [6, 6.07) is 8.17. The van der Waals surface area contributed by atoms with E-state index in [4.69, 9.17) is 4.74 Å². The third-order valence-electron chi connectivity index (χ3n) is 4.88. The highest BCUT2D eigenvalue weighted by atomic mass is 19.4. The third kappa shape index (κ3) is 2.98. The number of hydrogen-bond acceptors (Lipinski definition) is 5. The van der Waals surface area contributed by atoms with E-state index in [1.807, 2.05) is 0 Å². The topological polar surface area (TPSA) is 81.5 Å². The first kappa shape index (κ1) is 17.3. The van der Waals surface area contributed by atoms with Crippen LogP contribution in [-0.2, 0) is 11.0 Å². The van der Waals surface area contributed by atoms with Crippen molar-refractivity contribution in [2.24, 2.45) is 0 Å². The number of nitrogens with one attached hydrogen (secondary N) is 1. The average Bonchev–Trinajstić information content (AvgIpc) is 2.93. The molecule has 0 aromatic heterocycles. The number of carbonyl (C=O) groups excluding carboxylic acids is 1. The normalized spacial score (nSPS) is 23.8. The molecule has 1 saturated carbocycles. The lowest BCUT2D eigenvalue weighted by Crippen LogP contribution is -2.40. The molecule has 2 aliphatic rings. The molecule has 1 fully saturated rings. The number of ether oxygens (including phenoxy) is 1. The standard InChI is InChI=1S/C18H13F3N2O4/c19-18(20,21)10-3-1-9(2-4-10)16-13(24)8-15-17(16)22-12-6-5-11(23(25)26)7-14(12)27-15/h1-7,15-17,22H,8H2/t15-,16-,17-/m1/s1. The van der Waals surface area contributed by atoms with Gasteiger partial charge in [0, 0.05) is 12.5 Å². The Morgan fingerprint density at radius 1 is 1.15 bits per heavy atom. The highest BCUT2D eigenvalue weighted by molar-refractivity contribution is 5.91. The van der Waals surface area contributed by atoms with Crippen LogP contribution in [0.15, 0.2) is 42.5 Å². The Morgan fingerprint density at radius 2 is 1.85 bits per heavy atom. The largest absolute Gasteiger partial charge is 0.485 e. The second kappa shape index (κ2) is 5.97. The first-order valence-corrected chi connectivity index (χ1v) is 8.15. The van der Waals surface area contributed by atoms with Crippen molar-refractivity contribution in [3.8, 4) is 5.75 Å². The quantitative estimate of drug-likeness (QED) is 0.633. The van der Waals surface area contributed by atoms with Gasteiger partial charge in [0.15, 0.2) is 0 Å². The molecule has 1 aliphatic heterocycles. The van der Waals surface area contributed by atoms with Crippen molar-refractivity contribution < 1.29 is 27.6 Å². The Morgan fingerprint density at radius 3 is 2.48 bits per heavy atom. The van der Waals surface area contributed by atoms with Gasteiger partial charge in [-0.3, -0.25) is 14.9 Å². The first-order valence-electron chi connectivity index (χ1n) is 8.15. The summed E-state index contributed by atoms with van der Waals surface area (Å²) in [5, 5.41) is 14.1. The van der Waals surface area contributed by atoms with Crippen LogP contribution in [0.4, 0.5) is 24.5 Å². The number of fused-ring (bicyclic) bond motifs is 2. The number of nitro groups is 1. The predicted octanol–water partition coefficient (Wildman–Crippen LogP) is 3.91. The molecule has 0 bridgehead atoms. The fourth-order valence-corrected chi connectivity index (χ4v) is 3.62. The minimum Gasteiger partial charge on any atom is -0.485 e. The van der Waals surface area contributed by atoms with E-state index in [9.17, 15) is 28.1 Å². The fourth-order valence-electron chi connectivity index (χ4n) is 3.62. The Labute approximate surface area is 151 Å². The Kier molecular flexibility index (Phi) is 3.83. The number of rotatable bonds is 2. The van der Waals surface area contributed by atoms with Crippen LogP contribution in [0.25, 0.3) is 0 Å². The third-order valence-corrected chi connectivity index (χ3v) is 4.88. The van der Waals surface area contributed by atoms with Gasteiger partial charge >= 0.3 is 6.18 Å². The highest BCUT2D eigenvalue weighted by Crippen LogP contribution is 2.43. The summed E-state index contributed by atoms with van der Waals surface area (Å²) in [6.45, 7) is 0. The van der Waals surface area contributed by atoms with Crippen molar-refractivity contribution >= 4 is 17.2 Å². The molecule has 9 heteroatoms. The van der Waals surface area contributed by atoms with Gasteiger partial charge < -0.3 is 10.1 Å². The monoisotopic (exact) mass is 378 g/mol. The van der Waals surface area contributed by atoms with Gasteiger partial charge in [-0.25, -0.2) is 0 Å². The number of alkyl halides is 3. The van der Waals surface area contributed by atoms with Gasteiger partial charge in [-0.15, -0.1) is 0 Å². The van der Waals surface area contributed by atoms with Crippen molar-refractivity contribution in [3.05, 3.63) is 63.7 Å². The molecule has 140 valence electrons. The molecule has 0 unspecified atom stereocenters. The van der Waals surface area contributed by atoms with Crippen molar-refractivity contribution in [2.45, 2.75) is 30.7 Å². The minimum atomic E-state index is -4.44. The van der Waals surface area contributed by atoms with Gasteiger partial charge in [0.25, 0.3) is 5.69 Å². The summed E-state index contributed by atoms with van der Waals surface area (Å²) < 4.78 is 44.0. The van der Waals surface area contributed by atoms with E-state index in [0.29, 0.717) is 11.3 Å². The van der Waals surface area contributed by atoms with E-state index >= 15 is 0 Å². The van der Waals surface area contributed by atoms with Crippen molar-refractivity contribution in [1.82, 2.24) is 0 Å². The number of nitro benzene ring substituents is 1. The molecule has 6 nitrogen and oxygen atoms in total. The fraction of sp³-hybridized carbons (Fsp3) is 0.278. The lowest BCUT2D eigenvalue weighted by molar-refractivity contribution is -0.384. The van der Waals surface area contributed by atoms with Crippen LogP contribution in [0.3, 0.4) is 0 Å². The van der Waals surface area contributed by atoms with Crippen LogP contribution in [0.5, 0.6) is 5.75 Å². The molecule has 0 amide bonds. The zero-order chi connectivity index (χ0) is 19.3. The second-order valence-electron chi connectivity index (χ2n) is 6.53. The average molecular weight is 378 g/mol. The first-order chi connectivity index (χ1) is 12.7. The summed E-state index contributed by atoms with van der Waals surface area (Å²) in [4.78, 5) is 22.9. The second-order valence-corrected chi connectivity index (χ2v) is 6.53. The maximum Gasteiger partial charge on any atom is 0.416 e. The summed E-state index contributed by atoms with van der Waals surface area (Å²) >= 11 is 0. The predicted molar refractivity (Wildman–Crippen MR) is 88.7 cm³/mol. The van der Waals surface area contributed by atoms with E-state index in [2.05, 4.69) is 5.32 Å². The molecule has 0 radical (unpaired) electrons. The number of hydrogen-bond donors (Lipinski definition) is 1. The molecule has 4 rings (SSSR count). The van der Waals surface area contributed by atoms with E-state index < -0.39 is 34.7 Å². The van der Waals surface area contributed by atoms with Crippen LogP contribution in [-0.4, -0.2) is 22.9 Å². The van der Waals surface area contributed by atoms with E-state index in [1.165, 1.54) is 30.3 Å². The summed E-state index contributed by atoms with van der Waals surface area (Å²) in [7, 11) is 0. The van der Waals surface area contributed by atoms with Gasteiger partial charge in [0.2, 0.25) is 0 Å². The van der Waals surface area contributed by atoms with Crippen LogP contribution in [0.1, 0.15) is 23.5 Å². The molecule has 27 heavy (non-hydrogen) atoms. The van der Waals surface area contributed by atoms with Crippen LogP contribution in [0, 0.1) is 10.1 Å². The molecule has 1 N–H and O–H groups in total. The number of nitrogens with zero attached hydrogens (tertiary/aromatic N) is 1. The van der Waals surface area contributed by atoms with Crippen molar-refractivity contribution in [3.63, 3.8) is 0 Å².